The summed E-state index contributed by atoms with van der Waals surface area (Å²) in [7, 11) is 1.82. The number of aliphatic imine (C=N–C) groups is 1. The Bertz CT molecular complexity index is 838. The molecule has 1 unspecified atom stereocenters. The number of nitrogens with one attached hydrogen (secondary N) is 1. The van der Waals surface area contributed by atoms with Crippen LogP contribution in [0.3, 0.4) is 0 Å². The fourth-order valence-electron chi connectivity index (χ4n) is 3.89. The van der Waals surface area contributed by atoms with Crippen LogP contribution in [0.4, 0.5) is 4.39 Å². The summed E-state index contributed by atoms with van der Waals surface area (Å²) in [5.74, 6) is 1.65. The second kappa shape index (κ2) is 9.86. The molecular weight excluding hydrogens is 385 g/mol. The van der Waals surface area contributed by atoms with Crippen LogP contribution in [0, 0.1) is 5.82 Å². The number of morpholine rings is 1. The number of hydrogen-bond donors (Lipinski definition) is 1. The van der Waals surface area contributed by atoms with Gasteiger partial charge in [-0.25, -0.2) is 9.37 Å². The maximum absolute atomic E-state index is 13.0. The Hall–Kier alpha value is -2.71. The average molecular weight is 413 g/mol. The Morgan fingerprint density at radius 3 is 2.70 bits per heavy atom. The molecule has 0 saturated carbocycles. The van der Waals surface area contributed by atoms with E-state index in [1.54, 1.807) is 18.3 Å². The van der Waals surface area contributed by atoms with E-state index in [0.29, 0.717) is 24.2 Å². The molecule has 0 bridgehead atoms. The van der Waals surface area contributed by atoms with E-state index >= 15 is 0 Å². The third-order valence-electron chi connectivity index (χ3n) is 5.52. The highest BCUT2D eigenvalue weighted by molar-refractivity contribution is 5.80. The van der Waals surface area contributed by atoms with E-state index in [9.17, 15) is 4.39 Å². The molecule has 2 aliphatic heterocycles. The van der Waals surface area contributed by atoms with Crippen molar-refractivity contribution in [1.82, 2.24) is 20.1 Å². The lowest BCUT2D eigenvalue weighted by atomic mass is 10.2. The van der Waals surface area contributed by atoms with Crippen LogP contribution in [0.2, 0.25) is 0 Å². The summed E-state index contributed by atoms with van der Waals surface area (Å²) < 4.78 is 24.1. The highest BCUT2D eigenvalue weighted by atomic mass is 19.1. The molecule has 7 nitrogen and oxygen atoms in total. The summed E-state index contributed by atoms with van der Waals surface area (Å²) in [6.45, 7) is 6.32. The average Bonchev–Trinajstić information content (AvgIpc) is 3.28. The minimum atomic E-state index is -0.292. The second-order valence-corrected chi connectivity index (χ2v) is 7.50. The molecule has 0 amide bonds. The highest BCUT2D eigenvalue weighted by Crippen LogP contribution is 2.20. The van der Waals surface area contributed by atoms with E-state index in [2.05, 4.69) is 25.1 Å². The first-order valence-corrected chi connectivity index (χ1v) is 10.4. The smallest absolute Gasteiger partial charge is 0.219 e. The molecule has 0 radical (unpaired) electrons. The standard InChI is InChI=1S/C22H28FN5O2/c1-24-22(28-9-8-19(16-28)27-10-12-29-13-11-27)26-15-17-2-7-21(25-14-17)30-20-5-3-18(23)4-6-20/h2-7,14,19H,8-13,15-16H2,1H3,(H,24,26). The quantitative estimate of drug-likeness (QED) is 0.600. The second-order valence-electron chi connectivity index (χ2n) is 7.50. The van der Waals surface area contributed by atoms with E-state index in [0.717, 1.165) is 57.3 Å². The molecule has 0 aliphatic carbocycles. The lowest BCUT2D eigenvalue weighted by molar-refractivity contribution is 0.0195. The SMILES string of the molecule is CN=C(NCc1ccc(Oc2ccc(F)cc2)nc1)N1CCC(N2CCOCC2)C1. The first-order chi connectivity index (χ1) is 14.7. The van der Waals surface area contributed by atoms with Crippen LogP contribution >= 0.6 is 0 Å². The molecular formula is C22H28FN5O2. The number of aromatic nitrogens is 1. The summed E-state index contributed by atoms with van der Waals surface area (Å²) in [5, 5.41) is 3.44. The number of hydrogen-bond acceptors (Lipinski definition) is 5. The molecule has 2 aliphatic rings. The van der Waals surface area contributed by atoms with Gasteiger partial charge in [0.1, 0.15) is 11.6 Å². The van der Waals surface area contributed by atoms with E-state index < -0.39 is 0 Å². The fourth-order valence-corrected chi connectivity index (χ4v) is 3.89. The van der Waals surface area contributed by atoms with Crippen LogP contribution in [0.1, 0.15) is 12.0 Å². The van der Waals surface area contributed by atoms with Gasteiger partial charge < -0.3 is 19.7 Å². The number of pyridine rings is 1. The Morgan fingerprint density at radius 2 is 2.00 bits per heavy atom. The summed E-state index contributed by atoms with van der Waals surface area (Å²) >= 11 is 0. The van der Waals surface area contributed by atoms with Crippen molar-refractivity contribution in [2.75, 3.05) is 46.4 Å². The van der Waals surface area contributed by atoms with Crippen molar-refractivity contribution in [2.45, 2.75) is 19.0 Å². The minimum Gasteiger partial charge on any atom is -0.439 e. The van der Waals surface area contributed by atoms with Crippen LogP contribution in [0.5, 0.6) is 11.6 Å². The Labute approximate surface area is 176 Å². The van der Waals surface area contributed by atoms with Gasteiger partial charge in [0.05, 0.1) is 13.2 Å². The zero-order valence-corrected chi connectivity index (χ0v) is 17.3. The van der Waals surface area contributed by atoms with Gasteiger partial charge in [-0.05, 0) is 36.2 Å². The largest absolute Gasteiger partial charge is 0.439 e. The zero-order valence-electron chi connectivity index (χ0n) is 17.3. The van der Waals surface area contributed by atoms with Crippen molar-refractivity contribution in [3.63, 3.8) is 0 Å². The number of rotatable bonds is 5. The molecule has 2 aromatic rings. The van der Waals surface area contributed by atoms with E-state index in [1.165, 1.54) is 12.1 Å². The van der Waals surface area contributed by atoms with E-state index in [-0.39, 0.29) is 5.82 Å². The van der Waals surface area contributed by atoms with Crippen LogP contribution in [0.25, 0.3) is 0 Å². The highest BCUT2D eigenvalue weighted by Gasteiger charge is 2.30. The van der Waals surface area contributed by atoms with Crippen molar-refractivity contribution in [2.24, 2.45) is 4.99 Å². The van der Waals surface area contributed by atoms with Gasteiger partial charge in [-0.1, -0.05) is 6.07 Å². The molecule has 8 heteroatoms. The van der Waals surface area contributed by atoms with Crippen LogP contribution in [0.15, 0.2) is 47.6 Å². The van der Waals surface area contributed by atoms with Crippen LogP contribution in [-0.2, 0) is 11.3 Å². The summed E-state index contributed by atoms with van der Waals surface area (Å²) in [5.41, 5.74) is 1.03. The van der Waals surface area contributed by atoms with E-state index in [1.807, 2.05) is 19.2 Å². The van der Waals surface area contributed by atoms with Crippen molar-refractivity contribution in [3.8, 4) is 11.6 Å². The maximum Gasteiger partial charge on any atom is 0.219 e. The normalized spacial score (nSPS) is 20.4. The number of guanidine groups is 1. The van der Waals surface area contributed by atoms with Gasteiger partial charge in [0.15, 0.2) is 5.96 Å². The molecule has 1 aromatic carbocycles. The lowest BCUT2D eigenvalue weighted by Crippen LogP contribution is -2.46. The Morgan fingerprint density at radius 1 is 1.20 bits per heavy atom. The number of likely N-dealkylation sites (tertiary alicyclic amines) is 1. The predicted octanol–water partition coefficient (Wildman–Crippen LogP) is 2.49. The number of nitrogens with zero attached hydrogens (tertiary/aromatic N) is 4. The topological polar surface area (TPSA) is 62.2 Å². The van der Waals surface area contributed by atoms with Gasteiger partial charge in [0, 0.05) is 58.1 Å². The number of benzene rings is 1. The molecule has 2 saturated heterocycles. The molecule has 160 valence electrons. The summed E-state index contributed by atoms with van der Waals surface area (Å²) in [4.78, 5) is 13.6. The molecule has 1 atom stereocenters. The minimum absolute atomic E-state index is 0.292. The van der Waals surface area contributed by atoms with Crippen molar-refractivity contribution >= 4 is 5.96 Å². The molecule has 1 N–H and O–H groups in total. The van der Waals surface area contributed by atoms with E-state index in [4.69, 9.17) is 9.47 Å². The van der Waals surface area contributed by atoms with Crippen LogP contribution < -0.4 is 10.1 Å². The third-order valence-corrected chi connectivity index (χ3v) is 5.52. The molecule has 2 fully saturated rings. The molecule has 1 aromatic heterocycles. The van der Waals surface area contributed by atoms with Gasteiger partial charge in [-0.2, -0.15) is 0 Å². The predicted molar refractivity (Wildman–Crippen MR) is 113 cm³/mol. The zero-order chi connectivity index (χ0) is 20.8. The Kier molecular flexibility index (Phi) is 6.76. The third kappa shape index (κ3) is 5.25. The maximum atomic E-state index is 13.0. The van der Waals surface area contributed by atoms with Crippen molar-refractivity contribution < 1.29 is 13.9 Å². The van der Waals surface area contributed by atoms with Gasteiger partial charge in [-0.15, -0.1) is 0 Å². The summed E-state index contributed by atoms with van der Waals surface area (Å²) in [6, 6.07) is 10.2. The summed E-state index contributed by atoms with van der Waals surface area (Å²) in [6.07, 6.45) is 2.93. The first-order valence-electron chi connectivity index (χ1n) is 10.4. The fraction of sp³-hybridized carbons (Fsp3) is 0.455. The van der Waals surface area contributed by atoms with Gasteiger partial charge in [-0.3, -0.25) is 9.89 Å². The van der Waals surface area contributed by atoms with Gasteiger partial charge in [0.2, 0.25) is 5.88 Å². The lowest BCUT2D eigenvalue weighted by Gasteiger charge is -2.32. The molecule has 30 heavy (non-hydrogen) atoms. The van der Waals surface area contributed by atoms with Gasteiger partial charge >= 0.3 is 0 Å². The monoisotopic (exact) mass is 413 g/mol. The van der Waals surface area contributed by atoms with Gasteiger partial charge in [0.25, 0.3) is 0 Å². The van der Waals surface area contributed by atoms with Crippen molar-refractivity contribution in [3.05, 3.63) is 54.0 Å². The molecule has 3 heterocycles. The number of halogens is 1. The van der Waals surface area contributed by atoms with Crippen molar-refractivity contribution in [1.29, 1.82) is 0 Å². The Balaban J connectivity index is 1.27. The van der Waals surface area contributed by atoms with Crippen LogP contribution in [-0.4, -0.2) is 73.2 Å². The molecule has 0 spiro atoms. The number of ether oxygens (including phenoxy) is 2. The first kappa shape index (κ1) is 20.6. The molecule has 4 rings (SSSR count).